The molecule has 0 aliphatic heterocycles. The van der Waals surface area contributed by atoms with Crippen LogP contribution in [0.15, 0.2) is 24.3 Å². The molecule has 0 radical (unpaired) electrons. The monoisotopic (exact) mass is 277 g/mol. The summed E-state index contributed by atoms with van der Waals surface area (Å²) in [6.07, 6.45) is 0. The van der Waals surface area contributed by atoms with Crippen molar-refractivity contribution in [2.45, 2.75) is 26.8 Å². The summed E-state index contributed by atoms with van der Waals surface area (Å²) in [5, 5.41) is 8.61. The molecule has 1 atom stereocenters. The van der Waals surface area contributed by atoms with Crippen LogP contribution in [0, 0.1) is 6.92 Å². The average Bonchev–Trinajstić information content (AvgIpc) is 2.44. The summed E-state index contributed by atoms with van der Waals surface area (Å²) in [6, 6.07) is 7.16. The molecule has 2 amide bonds. The van der Waals surface area contributed by atoms with E-state index in [1.54, 1.807) is 19.1 Å². The molecule has 110 valence electrons. The second kappa shape index (κ2) is 8.32. The van der Waals surface area contributed by atoms with E-state index in [9.17, 15) is 9.59 Å². The van der Waals surface area contributed by atoms with E-state index in [-0.39, 0.29) is 17.9 Å². The maximum absolute atomic E-state index is 11.8. The number of benzene rings is 1. The Kier molecular flexibility index (Phi) is 6.73. The van der Waals surface area contributed by atoms with Crippen molar-refractivity contribution in [1.82, 2.24) is 16.0 Å². The van der Waals surface area contributed by atoms with Crippen LogP contribution < -0.4 is 16.0 Å². The fraction of sp³-hybridized carbons (Fsp3) is 0.467. The number of nitrogens with one attached hydrogen (secondary N) is 3. The van der Waals surface area contributed by atoms with Gasteiger partial charge in [-0.1, -0.05) is 17.7 Å². The van der Waals surface area contributed by atoms with Gasteiger partial charge < -0.3 is 16.0 Å². The maximum atomic E-state index is 11.8. The van der Waals surface area contributed by atoms with Gasteiger partial charge in [0.1, 0.15) is 0 Å². The zero-order valence-corrected chi connectivity index (χ0v) is 12.3. The standard InChI is InChI=1S/C15H23N3O2/c1-4-16-14(19)12(3)17-9-10-18-15(20)13-7-5-11(2)6-8-13/h5-8,12,17H,4,9-10H2,1-3H3,(H,16,19)(H,18,20). The lowest BCUT2D eigenvalue weighted by Gasteiger charge is -2.13. The molecular weight excluding hydrogens is 254 g/mol. The first-order valence-corrected chi connectivity index (χ1v) is 6.90. The van der Waals surface area contributed by atoms with Crippen molar-refractivity contribution < 1.29 is 9.59 Å². The Morgan fingerprint density at radius 2 is 1.75 bits per heavy atom. The lowest BCUT2D eigenvalue weighted by Crippen LogP contribution is -2.44. The highest BCUT2D eigenvalue weighted by atomic mass is 16.2. The molecule has 0 spiro atoms. The highest BCUT2D eigenvalue weighted by Crippen LogP contribution is 2.02. The maximum Gasteiger partial charge on any atom is 0.251 e. The molecule has 1 unspecified atom stereocenters. The Bertz CT molecular complexity index is 443. The Labute approximate surface area is 120 Å². The van der Waals surface area contributed by atoms with Crippen LogP contribution >= 0.6 is 0 Å². The van der Waals surface area contributed by atoms with Crippen LogP contribution in [0.3, 0.4) is 0 Å². The quantitative estimate of drug-likeness (QED) is 0.647. The second-order valence-corrected chi connectivity index (χ2v) is 4.69. The number of hydrogen-bond donors (Lipinski definition) is 3. The average molecular weight is 277 g/mol. The molecule has 0 bridgehead atoms. The van der Waals surface area contributed by atoms with Gasteiger partial charge in [0.15, 0.2) is 0 Å². The topological polar surface area (TPSA) is 70.2 Å². The predicted octanol–water partition coefficient (Wildman–Crippen LogP) is 0.839. The molecule has 5 heteroatoms. The first kappa shape index (κ1) is 16.2. The Morgan fingerprint density at radius 3 is 2.35 bits per heavy atom. The van der Waals surface area contributed by atoms with E-state index in [1.165, 1.54) is 0 Å². The third-order valence-corrected chi connectivity index (χ3v) is 2.92. The number of likely N-dealkylation sites (N-methyl/N-ethyl adjacent to an activating group) is 1. The molecule has 0 aliphatic carbocycles. The first-order valence-electron chi connectivity index (χ1n) is 6.90. The van der Waals surface area contributed by atoms with Crippen LogP contribution in [0.25, 0.3) is 0 Å². The molecule has 1 rings (SSSR count). The van der Waals surface area contributed by atoms with E-state index < -0.39 is 0 Å². The van der Waals surface area contributed by atoms with Gasteiger partial charge in [-0.3, -0.25) is 9.59 Å². The van der Waals surface area contributed by atoms with Crippen LogP contribution in [-0.4, -0.2) is 37.5 Å². The summed E-state index contributed by atoms with van der Waals surface area (Å²) in [5.41, 5.74) is 1.77. The summed E-state index contributed by atoms with van der Waals surface area (Å²) >= 11 is 0. The molecule has 0 saturated heterocycles. The van der Waals surface area contributed by atoms with E-state index in [2.05, 4.69) is 16.0 Å². The van der Waals surface area contributed by atoms with Crippen molar-refractivity contribution in [3.05, 3.63) is 35.4 Å². The number of rotatable bonds is 7. The van der Waals surface area contributed by atoms with E-state index in [0.717, 1.165) is 5.56 Å². The van der Waals surface area contributed by atoms with Crippen LogP contribution in [0.2, 0.25) is 0 Å². The van der Waals surface area contributed by atoms with Crippen molar-refractivity contribution in [3.63, 3.8) is 0 Å². The van der Waals surface area contributed by atoms with Gasteiger partial charge in [0, 0.05) is 25.2 Å². The minimum atomic E-state index is -0.258. The minimum Gasteiger partial charge on any atom is -0.355 e. The van der Waals surface area contributed by atoms with E-state index in [1.807, 2.05) is 26.0 Å². The molecule has 3 N–H and O–H groups in total. The number of carbonyl (C=O) groups is 2. The number of amides is 2. The van der Waals surface area contributed by atoms with Crippen molar-refractivity contribution in [2.24, 2.45) is 0 Å². The number of aryl methyl sites for hydroxylation is 1. The fourth-order valence-corrected chi connectivity index (χ4v) is 1.69. The first-order chi connectivity index (χ1) is 9.54. The van der Waals surface area contributed by atoms with Gasteiger partial charge in [0.2, 0.25) is 5.91 Å². The summed E-state index contributed by atoms with van der Waals surface area (Å²) < 4.78 is 0. The van der Waals surface area contributed by atoms with Crippen LogP contribution in [0.1, 0.15) is 29.8 Å². The van der Waals surface area contributed by atoms with Crippen molar-refractivity contribution in [2.75, 3.05) is 19.6 Å². The smallest absolute Gasteiger partial charge is 0.251 e. The largest absolute Gasteiger partial charge is 0.355 e. The summed E-state index contributed by atoms with van der Waals surface area (Å²) in [6.45, 7) is 7.31. The van der Waals surface area contributed by atoms with Crippen molar-refractivity contribution in [3.8, 4) is 0 Å². The summed E-state index contributed by atoms with van der Waals surface area (Å²) in [4.78, 5) is 23.3. The van der Waals surface area contributed by atoms with Gasteiger partial charge in [0.05, 0.1) is 6.04 Å². The fourth-order valence-electron chi connectivity index (χ4n) is 1.69. The molecule has 1 aromatic rings. The van der Waals surface area contributed by atoms with Gasteiger partial charge in [-0.15, -0.1) is 0 Å². The molecular formula is C15H23N3O2. The van der Waals surface area contributed by atoms with Gasteiger partial charge in [-0.25, -0.2) is 0 Å². The van der Waals surface area contributed by atoms with E-state index in [0.29, 0.717) is 25.2 Å². The zero-order valence-electron chi connectivity index (χ0n) is 12.3. The molecule has 0 heterocycles. The second-order valence-electron chi connectivity index (χ2n) is 4.69. The van der Waals surface area contributed by atoms with Gasteiger partial charge in [-0.05, 0) is 32.9 Å². The number of carbonyl (C=O) groups excluding carboxylic acids is 2. The third-order valence-electron chi connectivity index (χ3n) is 2.92. The number of hydrogen-bond acceptors (Lipinski definition) is 3. The molecule has 0 fully saturated rings. The van der Waals surface area contributed by atoms with Crippen LogP contribution in [0.4, 0.5) is 0 Å². The Hall–Kier alpha value is -1.88. The molecule has 0 aromatic heterocycles. The summed E-state index contributed by atoms with van der Waals surface area (Å²) in [5.74, 6) is -0.130. The van der Waals surface area contributed by atoms with E-state index >= 15 is 0 Å². The lowest BCUT2D eigenvalue weighted by molar-refractivity contribution is -0.122. The minimum absolute atomic E-state index is 0.0302. The highest BCUT2D eigenvalue weighted by molar-refractivity contribution is 5.94. The third kappa shape index (κ3) is 5.40. The SMILES string of the molecule is CCNC(=O)C(C)NCCNC(=O)c1ccc(C)cc1. The van der Waals surface area contributed by atoms with Gasteiger partial charge >= 0.3 is 0 Å². The molecule has 1 aromatic carbocycles. The van der Waals surface area contributed by atoms with Crippen LogP contribution in [0.5, 0.6) is 0 Å². The van der Waals surface area contributed by atoms with Crippen molar-refractivity contribution in [1.29, 1.82) is 0 Å². The van der Waals surface area contributed by atoms with E-state index in [4.69, 9.17) is 0 Å². The normalized spacial score (nSPS) is 11.8. The molecule has 0 aliphatic rings. The Balaban J connectivity index is 2.25. The zero-order chi connectivity index (χ0) is 15.0. The molecule has 20 heavy (non-hydrogen) atoms. The molecule has 5 nitrogen and oxygen atoms in total. The van der Waals surface area contributed by atoms with Crippen molar-refractivity contribution >= 4 is 11.8 Å². The van der Waals surface area contributed by atoms with Crippen LogP contribution in [-0.2, 0) is 4.79 Å². The molecule has 0 saturated carbocycles. The van der Waals surface area contributed by atoms with Gasteiger partial charge in [0.25, 0.3) is 5.91 Å². The summed E-state index contributed by atoms with van der Waals surface area (Å²) in [7, 11) is 0. The Morgan fingerprint density at radius 1 is 1.10 bits per heavy atom. The highest BCUT2D eigenvalue weighted by Gasteiger charge is 2.10. The van der Waals surface area contributed by atoms with Gasteiger partial charge in [-0.2, -0.15) is 0 Å². The predicted molar refractivity (Wildman–Crippen MR) is 79.7 cm³/mol. The lowest BCUT2D eigenvalue weighted by atomic mass is 10.1.